The van der Waals surface area contributed by atoms with E-state index in [1.54, 1.807) is 18.2 Å². The Morgan fingerprint density at radius 3 is 2.24 bits per heavy atom. The maximum atomic E-state index is 14.9. The molecule has 298 valence electrons. The monoisotopic (exact) mass is 796 g/mol. The molecule has 2 saturated carbocycles. The number of hydrogen-bond acceptors (Lipinski definition) is 9. The normalized spacial score (nSPS) is 20.7. The molecule has 3 fully saturated rings. The van der Waals surface area contributed by atoms with Crippen LogP contribution in [-0.2, 0) is 24.0 Å². The van der Waals surface area contributed by atoms with Crippen molar-refractivity contribution >= 4 is 58.1 Å². The predicted octanol–water partition coefficient (Wildman–Crippen LogP) is 7.45. The van der Waals surface area contributed by atoms with Gasteiger partial charge in [0.2, 0.25) is 11.7 Å². The quantitative estimate of drug-likeness (QED) is 0.152. The molecule has 2 aliphatic carbocycles. The topological polar surface area (TPSA) is 153 Å². The summed E-state index contributed by atoms with van der Waals surface area (Å²) in [7, 11) is 0. The van der Waals surface area contributed by atoms with Gasteiger partial charge in [0.15, 0.2) is 17.3 Å². The lowest BCUT2D eigenvalue weighted by molar-refractivity contribution is -0.147. The maximum Gasteiger partial charge on any atom is 0.272 e. The van der Waals surface area contributed by atoms with Crippen LogP contribution in [0.5, 0.6) is 5.75 Å². The van der Waals surface area contributed by atoms with Gasteiger partial charge in [-0.3, -0.25) is 33.8 Å². The average Bonchev–Trinajstić information content (AvgIpc) is 3.86. The van der Waals surface area contributed by atoms with Gasteiger partial charge in [0.05, 0.1) is 24.8 Å². The van der Waals surface area contributed by atoms with Gasteiger partial charge in [-0.05, 0) is 67.6 Å². The van der Waals surface area contributed by atoms with Crippen LogP contribution < -0.4 is 10.1 Å². The molecule has 1 N–H and O–H groups in total. The lowest BCUT2D eigenvalue weighted by Gasteiger charge is -2.36. The van der Waals surface area contributed by atoms with Crippen LogP contribution in [0.2, 0.25) is 10.0 Å². The second kappa shape index (κ2) is 19.0. The number of benzene rings is 1. The Labute approximate surface area is 334 Å². The van der Waals surface area contributed by atoms with Gasteiger partial charge in [-0.1, -0.05) is 76.6 Å². The lowest BCUT2D eigenvalue weighted by Crippen LogP contribution is -2.51. The number of Topliss-reactive ketones (excluding diaryl/α,β-unsaturated/α-hetero) is 4. The summed E-state index contributed by atoms with van der Waals surface area (Å²) in [6.07, 6.45) is 10.9. The van der Waals surface area contributed by atoms with E-state index in [0.717, 1.165) is 44.9 Å². The van der Waals surface area contributed by atoms with Gasteiger partial charge in [-0.2, -0.15) is 0 Å². The van der Waals surface area contributed by atoms with Gasteiger partial charge in [0, 0.05) is 60.0 Å². The van der Waals surface area contributed by atoms with E-state index in [2.05, 4.69) is 15.3 Å². The Bertz CT molecular complexity index is 1700. The van der Waals surface area contributed by atoms with Crippen molar-refractivity contribution in [3.63, 3.8) is 0 Å². The van der Waals surface area contributed by atoms with Crippen molar-refractivity contribution in [2.45, 2.75) is 129 Å². The third kappa shape index (κ3) is 11.7. The van der Waals surface area contributed by atoms with Crippen LogP contribution in [0.15, 0.2) is 36.8 Å². The first-order chi connectivity index (χ1) is 26.1. The summed E-state index contributed by atoms with van der Waals surface area (Å²) in [5, 5.41) is 3.66. The Kier molecular flexibility index (Phi) is 14.6. The molecule has 1 aromatic heterocycles. The second-order valence-electron chi connectivity index (χ2n) is 16.7. The van der Waals surface area contributed by atoms with E-state index in [9.17, 15) is 28.8 Å². The number of rotatable bonds is 18. The highest BCUT2D eigenvalue weighted by molar-refractivity contribution is 6.38. The summed E-state index contributed by atoms with van der Waals surface area (Å²) in [6, 6.07) is 2.99. The first-order valence-corrected chi connectivity index (χ1v) is 20.5. The molecular formula is C42H54Cl2N4O7. The van der Waals surface area contributed by atoms with Crippen molar-refractivity contribution in [1.29, 1.82) is 0 Å². The SMILES string of the molecule is CCC[C@H](CC(=O)C1C[C@@H](Oc2cc(Cl)cc(Cl)c2)CN1C(=O)[C@@H](CC(=O)[C@@H](NC(=O)c1cnccn1)C1CCCCC1)C(C)(C)C)C(=O)C(=O)CC1CC1. The first kappa shape index (κ1) is 42.4. The van der Waals surface area contributed by atoms with Crippen LogP contribution in [0.3, 0.4) is 0 Å². The third-order valence-corrected chi connectivity index (χ3v) is 11.7. The minimum Gasteiger partial charge on any atom is -0.488 e. The number of nitrogens with one attached hydrogen (secondary N) is 1. The highest BCUT2D eigenvalue weighted by Crippen LogP contribution is 2.38. The molecule has 5 rings (SSSR count). The van der Waals surface area contributed by atoms with Crippen molar-refractivity contribution in [3.8, 4) is 5.75 Å². The van der Waals surface area contributed by atoms with Crippen LogP contribution in [0.1, 0.15) is 122 Å². The van der Waals surface area contributed by atoms with Gasteiger partial charge in [0.1, 0.15) is 17.5 Å². The third-order valence-electron chi connectivity index (χ3n) is 11.3. The van der Waals surface area contributed by atoms with E-state index in [-0.39, 0.29) is 67.2 Å². The molecule has 1 aliphatic heterocycles. The van der Waals surface area contributed by atoms with Crippen LogP contribution in [0, 0.1) is 29.1 Å². The summed E-state index contributed by atoms with van der Waals surface area (Å²) in [6.45, 7) is 7.60. The van der Waals surface area contributed by atoms with Gasteiger partial charge < -0.3 is 15.0 Å². The zero-order valence-corrected chi connectivity index (χ0v) is 33.9. The molecule has 5 atom stereocenters. The van der Waals surface area contributed by atoms with Crippen LogP contribution in [-0.4, -0.2) is 74.5 Å². The summed E-state index contributed by atoms with van der Waals surface area (Å²) in [5.74, 6) is -3.55. The number of likely N-dealkylation sites (tertiary alicyclic amines) is 1. The molecule has 0 radical (unpaired) electrons. The molecule has 0 bridgehead atoms. The zero-order chi connectivity index (χ0) is 39.9. The van der Waals surface area contributed by atoms with Crippen molar-refractivity contribution in [1.82, 2.24) is 20.2 Å². The van der Waals surface area contributed by atoms with E-state index in [0.29, 0.717) is 28.6 Å². The molecule has 1 aromatic carbocycles. The fourth-order valence-corrected chi connectivity index (χ4v) is 8.54. The van der Waals surface area contributed by atoms with Gasteiger partial charge in [-0.15, -0.1) is 0 Å². The number of halogens is 2. The molecule has 1 unspecified atom stereocenters. The van der Waals surface area contributed by atoms with Crippen molar-refractivity contribution in [3.05, 3.63) is 52.5 Å². The Hall–Kier alpha value is -3.70. The van der Waals surface area contributed by atoms with Crippen LogP contribution in [0.25, 0.3) is 0 Å². The Morgan fingerprint density at radius 2 is 1.64 bits per heavy atom. The minimum atomic E-state index is -0.955. The fourth-order valence-electron chi connectivity index (χ4n) is 8.04. The molecule has 13 heteroatoms. The van der Waals surface area contributed by atoms with E-state index in [4.69, 9.17) is 27.9 Å². The van der Waals surface area contributed by atoms with Gasteiger partial charge in [-0.25, -0.2) is 4.98 Å². The van der Waals surface area contributed by atoms with E-state index in [1.807, 2.05) is 27.7 Å². The molecule has 2 amide bonds. The van der Waals surface area contributed by atoms with Crippen LogP contribution in [0.4, 0.5) is 0 Å². The van der Waals surface area contributed by atoms with E-state index in [1.165, 1.54) is 23.5 Å². The maximum absolute atomic E-state index is 14.9. The fraction of sp³-hybridized carbons (Fsp3) is 0.619. The van der Waals surface area contributed by atoms with E-state index < -0.39 is 52.9 Å². The van der Waals surface area contributed by atoms with E-state index >= 15 is 0 Å². The molecular weight excluding hydrogens is 743 g/mol. The van der Waals surface area contributed by atoms with Gasteiger partial charge >= 0.3 is 0 Å². The van der Waals surface area contributed by atoms with Crippen LogP contribution >= 0.6 is 23.2 Å². The number of ether oxygens (including phenoxy) is 1. The Morgan fingerprint density at radius 1 is 0.945 bits per heavy atom. The smallest absolute Gasteiger partial charge is 0.272 e. The number of ketones is 4. The number of carbonyl (C=O) groups excluding carboxylic acids is 6. The molecule has 1 saturated heterocycles. The zero-order valence-electron chi connectivity index (χ0n) is 32.4. The second-order valence-corrected chi connectivity index (χ2v) is 17.6. The predicted molar refractivity (Wildman–Crippen MR) is 209 cm³/mol. The largest absolute Gasteiger partial charge is 0.488 e. The number of nitrogens with zero attached hydrogens (tertiary/aromatic N) is 3. The average molecular weight is 798 g/mol. The molecule has 2 aromatic rings. The number of carbonyl (C=O) groups is 6. The summed E-state index contributed by atoms with van der Waals surface area (Å²) >= 11 is 12.5. The highest BCUT2D eigenvalue weighted by atomic mass is 35.5. The van der Waals surface area contributed by atoms with Gasteiger partial charge in [0.25, 0.3) is 5.91 Å². The summed E-state index contributed by atoms with van der Waals surface area (Å²) < 4.78 is 6.27. The molecule has 3 aliphatic rings. The van der Waals surface area contributed by atoms with Crippen molar-refractivity contribution < 1.29 is 33.5 Å². The molecule has 55 heavy (non-hydrogen) atoms. The van der Waals surface area contributed by atoms with Crippen molar-refractivity contribution in [2.24, 2.45) is 29.1 Å². The molecule has 11 nitrogen and oxygen atoms in total. The standard InChI is InChI=1S/C42H54Cl2N4O7/c1-5-9-27(39(52)37(51)16-25-12-13-25)17-35(49)34-21-31(55-30-19-28(43)18-29(44)20-30)24-48(34)41(54)32(42(2,3)4)22-36(50)38(26-10-7-6-8-11-26)47-40(53)33-23-45-14-15-46-33/h14-15,18-20,23,25-27,31-32,34,38H,5-13,16-17,21-22,24H2,1-4H3,(H,47,53)/t27-,31-,32-,34?,38+/m1/s1. The summed E-state index contributed by atoms with van der Waals surface area (Å²) in [4.78, 5) is 92.7. The van der Waals surface area contributed by atoms with Crippen molar-refractivity contribution in [2.75, 3.05) is 6.54 Å². The highest BCUT2D eigenvalue weighted by Gasteiger charge is 2.47. The number of amides is 2. The molecule has 0 spiro atoms. The summed E-state index contributed by atoms with van der Waals surface area (Å²) in [5.41, 5.74) is -0.624. The first-order valence-electron chi connectivity index (χ1n) is 19.8. The minimum absolute atomic E-state index is 0.0443. The molecule has 2 heterocycles. The lowest BCUT2D eigenvalue weighted by atomic mass is 9.74. The Balaban J connectivity index is 1.41. The number of aromatic nitrogens is 2. The number of hydrogen-bond donors (Lipinski definition) is 1.